The second kappa shape index (κ2) is 4.35. The Kier molecular flexibility index (Phi) is 3.14. The van der Waals surface area contributed by atoms with Crippen molar-refractivity contribution in [3.8, 4) is 0 Å². The molecule has 1 aromatic rings. The predicted octanol–water partition coefficient (Wildman–Crippen LogP) is 1.38. The number of rotatable bonds is 3. The van der Waals surface area contributed by atoms with Gasteiger partial charge in [-0.15, -0.1) is 0 Å². The van der Waals surface area contributed by atoms with Crippen LogP contribution in [0.2, 0.25) is 0 Å². The highest BCUT2D eigenvalue weighted by Gasteiger charge is 2.07. The molecule has 0 atom stereocenters. The van der Waals surface area contributed by atoms with Gasteiger partial charge in [-0.25, -0.2) is 0 Å². The van der Waals surface area contributed by atoms with Crippen molar-refractivity contribution in [3.05, 3.63) is 46.0 Å². The zero-order chi connectivity index (χ0) is 9.68. The normalized spacial score (nSPS) is 11.3. The first-order valence-corrected chi connectivity index (χ1v) is 3.87. The van der Waals surface area contributed by atoms with Gasteiger partial charge in [-0.2, -0.15) is 0 Å². The van der Waals surface area contributed by atoms with Crippen molar-refractivity contribution in [3.63, 3.8) is 0 Å². The van der Waals surface area contributed by atoms with Gasteiger partial charge in [-0.1, -0.05) is 30.3 Å². The summed E-state index contributed by atoms with van der Waals surface area (Å²) in [5, 5.41) is 10.3. The van der Waals surface area contributed by atoms with Crippen LogP contribution in [-0.4, -0.2) is 24.2 Å². The van der Waals surface area contributed by atoms with Gasteiger partial charge in [0.15, 0.2) is 0 Å². The van der Waals surface area contributed by atoms with E-state index in [0.29, 0.717) is 5.71 Å². The number of hydrogen-bond donors (Lipinski definition) is 0. The van der Waals surface area contributed by atoms with Crippen molar-refractivity contribution in [2.45, 2.75) is 0 Å². The van der Waals surface area contributed by atoms with Gasteiger partial charge in [0.2, 0.25) is 6.54 Å². The molecule has 68 valence electrons. The lowest BCUT2D eigenvalue weighted by atomic mass is 10.1. The van der Waals surface area contributed by atoms with Crippen molar-refractivity contribution in [2.75, 3.05) is 13.6 Å². The van der Waals surface area contributed by atoms with Crippen molar-refractivity contribution >= 4 is 5.71 Å². The molecule has 4 heteroatoms. The molecule has 0 heterocycles. The molecule has 0 aliphatic carbocycles. The summed E-state index contributed by atoms with van der Waals surface area (Å²) in [6.45, 7) is -0.222. The largest absolute Gasteiger partial charge is 0.286 e. The molecular formula is C9H10N2O2. The van der Waals surface area contributed by atoms with E-state index >= 15 is 0 Å². The van der Waals surface area contributed by atoms with Crippen molar-refractivity contribution in [1.82, 2.24) is 0 Å². The Hall–Kier alpha value is -1.71. The van der Waals surface area contributed by atoms with Gasteiger partial charge in [0.25, 0.3) is 0 Å². The van der Waals surface area contributed by atoms with Gasteiger partial charge in [-0.05, 0) is 0 Å². The Morgan fingerprint density at radius 3 is 2.54 bits per heavy atom. The van der Waals surface area contributed by atoms with E-state index in [9.17, 15) is 10.1 Å². The highest BCUT2D eigenvalue weighted by Crippen LogP contribution is 2.00. The van der Waals surface area contributed by atoms with E-state index in [0.717, 1.165) is 5.56 Å². The van der Waals surface area contributed by atoms with Crippen LogP contribution in [0.3, 0.4) is 0 Å². The second-order valence-corrected chi connectivity index (χ2v) is 2.53. The number of aliphatic imine (C=N–C) groups is 1. The summed E-state index contributed by atoms with van der Waals surface area (Å²) in [7, 11) is 1.56. The van der Waals surface area contributed by atoms with Crippen LogP contribution in [-0.2, 0) is 0 Å². The molecule has 0 saturated heterocycles. The lowest BCUT2D eigenvalue weighted by Gasteiger charge is -1.99. The smallest absolute Gasteiger partial charge is 0.245 e. The first kappa shape index (κ1) is 9.38. The zero-order valence-corrected chi connectivity index (χ0v) is 7.30. The van der Waals surface area contributed by atoms with Gasteiger partial charge in [-0.3, -0.25) is 15.1 Å². The maximum absolute atomic E-state index is 10.3. The van der Waals surface area contributed by atoms with Crippen LogP contribution < -0.4 is 0 Å². The molecule has 0 unspecified atom stereocenters. The van der Waals surface area contributed by atoms with Gasteiger partial charge in [0, 0.05) is 17.5 Å². The van der Waals surface area contributed by atoms with Gasteiger partial charge < -0.3 is 0 Å². The summed E-state index contributed by atoms with van der Waals surface area (Å²) in [6.07, 6.45) is 0. The van der Waals surface area contributed by atoms with E-state index in [-0.39, 0.29) is 11.5 Å². The first-order valence-electron chi connectivity index (χ1n) is 3.87. The third kappa shape index (κ3) is 2.66. The Morgan fingerprint density at radius 2 is 2.08 bits per heavy atom. The molecule has 0 bridgehead atoms. The Morgan fingerprint density at radius 1 is 1.46 bits per heavy atom. The molecule has 0 radical (unpaired) electrons. The Bertz CT molecular complexity index is 320. The molecule has 0 aliphatic rings. The van der Waals surface area contributed by atoms with Crippen molar-refractivity contribution < 1.29 is 4.92 Å². The molecule has 0 aromatic heterocycles. The van der Waals surface area contributed by atoms with Gasteiger partial charge >= 0.3 is 0 Å². The fourth-order valence-corrected chi connectivity index (χ4v) is 1.04. The fourth-order valence-electron chi connectivity index (χ4n) is 1.04. The van der Waals surface area contributed by atoms with Crippen LogP contribution in [0.1, 0.15) is 5.56 Å². The predicted molar refractivity (Wildman–Crippen MR) is 50.8 cm³/mol. The minimum atomic E-state index is -0.380. The summed E-state index contributed by atoms with van der Waals surface area (Å²) in [5.41, 5.74) is 1.31. The zero-order valence-electron chi connectivity index (χ0n) is 7.30. The molecule has 1 aromatic carbocycles. The summed E-state index contributed by atoms with van der Waals surface area (Å²) in [4.78, 5) is 13.8. The summed E-state index contributed by atoms with van der Waals surface area (Å²) < 4.78 is 0. The quantitative estimate of drug-likeness (QED) is 0.399. The average Bonchev–Trinajstić information content (AvgIpc) is 2.15. The van der Waals surface area contributed by atoms with Crippen LogP contribution in [0.5, 0.6) is 0 Å². The van der Waals surface area contributed by atoms with E-state index in [2.05, 4.69) is 4.99 Å². The van der Waals surface area contributed by atoms with Crippen LogP contribution in [0.15, 0.2) is 35.3 Å². The van der Waals surface area contributed by atoms with E-state index in [1.54, 1.807) is 7.05 Å². The maximum Gasteiger partial charge on any atom is 0.245 e. The summed E-state index contributed by atoms with van der Waals surface area (Å²) >= 11 is 0. The molecule has 4 nitrogen and oxygen atoms in total. The molecule has 0 spiro atoms. The molecule has 0 N–H and O–H groups in total. The monoisotopic (exact) mass is 178 g/mol. The fraction of sp³-hybridized carbons (Fsp3) is 0.222. The first-order chi connectivity index (χ1) is 6.24. The maximum atomic E-state index is 10.3. The standard InChI is InChI=1S/C9H10N2O2/c1-10-9(7-11(12)13)8-5-3-2-4-6-8/h2-6H,7H2,1H3. The Labute approximate surface area is 76.1 Å². The third-order valence-electron chi connectivity index (χ3n) is 1.66. The van der Waals surface area contributed by atoms with Crippen molar-refractivity contribution in [1.29, 1.82) is 0 Å². The average molecular weight is 178 g/mol. The molecule has 0 fully saturated rings. The molecule has 0 aliphatic heterocycles. The van der Waals surface area contributed by atoms with Crippen molar-refractivity contribution in [2.24, 2.45) is 4.99 Å². The third-order valence-corrected chi connectivity index (χ3v) is 1.66. The highest BCUT2D eigenvalue weighted by atomic mass is 16.6. The SMILES string of the molecule is CN=C(C[N+](=O)[O-])c1ccccc1. The number of nitro groups is 1. The van der Waals surface area contributed by atoms with Gasteiger partial charge in [0.1, 0.15) is 5.71 Å². The highest BCUT2D eigenvalue weighted by molar-refractivity contribution is 6.01. The molecule has 0 amide bonds. The lowest BCUT2D eigenvalue weighted by molar-refractivity contribution is -0.462. The Balaban J connectivity index is 2.86. The topological polar surface area (TPSA) is 55.5 Å². The molecule has 1 rings (SSSR count). The lowest BCUT2D eigenvalue weighted by Crippen LogP contribution is -2.14. The summed E-state index contributed by atoms with van der Waals surface area (Å²) in [5.74, 6) is 0. The number of hydrogen-bond acceptors (Lipinski definition) is 3. The second-order valence-electron chi connectivity index (χ2n) is 2.53. The number of benzene rings is 1. The van der Waals surface area contributed by atoms with E-state index in [1.165, 1.54) is 0 Å². The van der Waals surface area contributed by atoms with Crippen LogP contribution in [0.25, 0.3) is 0 Å². The minimum Gasteiger partial charge on any atom is -0.286 e. The van der Waals surface area contributed by atoms with Gasteiger partial charge in [0.05, 0.1) is 0 Å². The van der Waals surface area contributed by atoms with Crippen LogP contribution >= 0.6 is 0 Å². The summed E-state index contributed by atoms with van der Waals surface area (Å²) in [6, 6.07) is 9.15. The van der Waals surface area contributed by atoms with E-state index in [4.69, 9.17) is 0 Å². The molecule has 13 heavy (non-hydrogen) atoms. The minimum absolute atomic E-state index is 0.222. The van der Waals surface area contributed by atoms with Crippen LogP contribution in [0, 0.1) is 10.1 Å². The van der Waals surface area contributed by atoms with Crippen LogP contribution in [0.4, 0.5) is 0 Å². The van der Waals surface area contributed by atoms with E-state index < -0.39 is 0 Å². The van der Waals surface area contributed by atoms with E-state index in [1.807, 2.05) is 30.3 Å². The molecular weight excluding hydrogens is 168 g/mol. The molecule has 0 saturated carbocycles. The number of nitrogens with zero attached hydrogens (tertiary/aromatic N) is 2.